The topological polar surface area (TPSA) is 49.2 Å². The van der Waals surface area contributed by atoms with Crippen molar-refractivity contribution in [2.45, 2.75) is 19.4 Å². The van der Waals surface area contributed by atoms with Crippen molar-refractivity contribution in [2.24, 2.45) is 5.92 Å². The molecule has 0 aromatic carbocycles. The van der Waals surface area contributed by atoms with Crippen LogP contribution in [0.1, 0.15) is 18.7 Å². The Labute approximate surface area is 90.0 Å². The second kappa shape index (κ2) is 5.19. The first kappa shape index (κ1) is 10.5. The second-order valence-corrected chi connectivity index (χ2v) is 4.09. The van der Waals surface area contributed by atoms with Gasteiger partial charge in [-0.05, 0) is 31.4 Å². The van der Waals surface area contributed by atoms with E-state index in [1.807, 2.05) is 6.07 Å². The molecule has 1 N–H and O–H groups in total. The molecule has 0 aliphatic carbocycles. The van der Waals surface area contributed by atoms with Gasteiger partial charge in [0.2, 0.25) is 0 Å². The number of hydrogen-bond donors (Lipinski definition) is 1. The van der Waals surface area contributed by atoms with Gasteiger partial charge in [-0.15, -0.1) is 0 Å². The Bertz CT molecular complexity index is 291. The Morgan fingerprint density at radius 3 is 2.93 bits per heavy atom. The maximum absolute atomic E-state index is 9.12. The summed E-state index contributed by atoms with van der Waals surface area (Å²) in [5.41, 5.74) is 0. The molecule has 1 aromatic heterocycles. The number of aliphatic hydroxyl groups excluding tert-OH is 1. The standard InChI is InChI=1S/C11H17N3O/c15-9-10-3-1-6-14(7-10)8-11-12-4-2-5-13-11/h2,4-5,10,15H,1,3,6-9H2. The minimum absolute atomic E-state index is 0.298. The number of nitrogens with zero attached hydrogens (tertiary/aromatic N) is 3. The predicted octanol–water partition coefficient (Wildman–Crippen LogP) is 0.681. The molecule has 4 nitrogen and oxygen atoms in total. The monoisotopic (exact) mass is 207 g/mol. The maximum atomic E-state index is 9.12. The van der Waals surface area contributed by atoms with E-state index in [0.29, 0.717) is 12.5 Å². The highest BCUT2D eigenvalue weighted by Crippen LogP contribution is 2.16. The molecule has 82 valence electrons. The highest BCUT2D eigenvalue weighted by atomic mass is 16.3. The second-order valence-electron chi connectivity index (χ2n) is 4.09. The van der Waals surface area contributed by atoms with Crippen molar-refractivity contribution in [1.82, 2.24) is 14.9 Å². The van der Waals surface area contributed by atoms with Gasteiger partial charge in [0.25, 0.3) is 0 Å². The van der Waals surface area contributed by atoms with Crippen LogP contribution in [0.25, 0.3) is 0 Å². The van der Waals surface area contributed by atoms with Crippen molar-refractivity contribution in [3.05, 3.63) is 24.3 Å². The molecule has 4 heteroatoms. The van der Waals surface area contributed by atoms with E-state index < -0.39 is 0 Å². The molecule has 0 bridgehead atoms. The van der Waals surface area contributed by atoms with Crippen molar-refractivity contribution in [3.63, 3.8) is 0 Å². The van der Waals surface area contributed by atoms with E-state index in [2.05, 4.69) is 14.9 Å². The molecule has 1 unspecified atom stereocenters. The fraction of sp³-hybridized carbons (Fsp3) is 0.636. The van der Waals surface area contributed by atoms with Crippen molar-refractivity contribution < 1.29 is 5.11 Å². The molecule has 1 aliphatic rings. The van der Waals surface area contributed by atoms with Gasteiger partial charge in [0, 0.05) is 25.5 Å². The molecule has 0 radical (unpaired) electrons. The van der Waals surface area contributed by atoms with Crippen LogP contribution in [0, 0.1) is 5.92 Å². The Hall–Kier alpha value is -1.00. The zero-order valence-electron chi connectivity index (χ0n) is 8.84. The zero-order valence-corrected chi connectivity index (χ0v) is 8.84. The Morgan fingerprint density at radius 1 is 1.40 bits per heavy atom. The SMILES string of the molecule is OCC1CCCN(Cc2ncccn2)C1. The van der Waals surface area contributed by atoms with Crippen LogP contribution in [-0.4, -0.2) is 39.7 Å². The number of piperidine rings is 1. The smallest absolute Gasteiger partial charge is 0.142 e. The van der Waals surface area contributed by atoms with Gasteiger partial charge in [0.1, 0.15) is 5.82 Å². The minimum atomic E-state index is 0.298. The van der Waals surface area contributed by atoms with E-state index in [-0.39, 0.29) is 0 Å². The largest absolute Gasteiger partial charge is 0.396 e. The molecule has 1 aliphatic heterocycles. The molecule has 1 fully saturated rings. The van der Waals surface area contributed by atoms with Gasteiger partial charge in [0.05, 0.1) is 6.54 Å². The average Bonchev–Trinajstić information content (AvgIpc) is 2.31. The lowest BCUT2D eigenvalue weighted by Crippen LogP contribution is -2.36. The van der Waals surface area contributed by atoms with Crippen LogP contribution in [0.5, 0.6) is 0 Å². The minimum Gasteiger partial charge on any atom is -0.396 e. The lowest BCUT2D eigenvalue weighted by molar-refractivity contribution is 0.114. The molecule has 1 atom stereocenters. The van der Waals surface area contributed by atoms with Gasteiger partial charge in [0.15, 0.2) is 0 Å². The summed E-state index contributed by atoms with van der Waals surface area (Å²) in [7, 11) is 0. The summed E-state index contributed by atoms with van der Waals surface area (Å²) in [4.78, 5) is 10.7. The van der Waals surface area contributed by atoms with E-state index in [4.69, 9.17) is 5.11 Å². The summed E-state index contributed by atoms with van der Waals surface area (Å²) in [5.74, 6) is 1.30. The summed E-state index contributed by atoms with van der Waals surface area (Å²) in [6, 6.07) is 1.83. The van der Waals surface area contributed by atoms with E-state index in [1.54, 1.807) is 12.4 Å². The van der Waals surface area contributed by atoms with Gasteiger partial charge >= 0.3 is 0 Å². The molecular formula is C11H17N3O. The highest BCUT2D eigenvalue weighted by Gasteiger charge is 2.19. The van der Waals surface area contributed by atoms with Crippen LogP contribution >= 0.6 is 0 Å². The number of likely N-dealkylation sites (tertiary alicyclic amines) is 1. The highest BCUT2D eigenvalue weighted by molar-refractivity contribution is 4.89. The molecule has 1 saturated heterocycles. The Balaban J connectivity index is 1.89. The molecule has 0 saturated carbocycles. The fourth-order valence-electron chi connectivity index (χ4n) is 2.06. The number of aliphatic hydroxyl groups is 1. The third-order valence-corrected chi connectivity index (χ3v) is 2.85. The number of hydrogen-bond acceptors (Lipinski definition) is 4. The van der Waals surface area contributed by atoms with Crippen molar-refractivity contribution in [2.75, 3.05) is 19.7 Å². The molecule has 0 spiro atoms. The summed E-state index contributed by atoms with van der Waals surface area (Å²) >= 11 is 0. The van der Waals surface area contributed by atoms with E-state index >= 15 is 0 Å². The van der Waals surface area contributed by atoms with Gasteiger partial charge in [-0.1, -0.05) is 0 Å². The Kier molecular flexibility index (Phi) is 3.64. The molecule has 1 aromatic rings. The first-order chi connectivity index (χ1) is 7.38. The zero-order chi connectivity index (χ0) is 10.5. The van der Waals surface area contributed by atoms with Gasteiger partial charge in [-0.2, -0.15) is 0 Å². The van der Waals surface area contributed by atoms with E-state index in [9.17, 15) is 0 Å². The van der Waals surface area contributed by atoms with Gasteiger partial charge < -0.3 is 5.11 Å². The van der Waals surface area contributed by atoms with Crippen LogP contribution in [0.2, 0.25) is 0 Å². The number of rotatable bonds is 3. The van der Waals surface area contributed by atoms with Crippen LogP contribution in [0.4, 0.5) is 0 Å². The van der Waals surface area contributed by atoms with Crippen LogP contribution < -0.4 is 0 Å². The lowest BCUT2D eigenvalue weighted by atomic mass is 9.99. The van der Waals surface area contributed by atoms with E-state index in [0.717, 1.165) is 38.3 Å². The summed E-state index contributed by atoms with van der Waals surface area (Å²) < 4.78 is 0. The van der Waals surface area contributed by atoms with Crippen LogP contribution in [-0.2, 0) is 6.54 Å². The summed E-state index contributed by atoms with van der Waals surface area (Å²) in [6.45, 7) is 3.16. The first-order valence-electron chi connectivity index (χ1n) is 5.47. The molecule has 15 heavy (non-hydrogen) atoms. The quantitative estimate of drug-likeness (QED) is 0.792. The third-order valence-electron chi connectivity index (χ3n) is 2.85. The lowest BCUT2D eigenvalue weighted by Gasteiger charge is -2.31. The average molecular weight is 207 g/mol. The Morgan fingerprint density at radius 2 is 2.20 bits per heavy atom. The fourth-order valence-corrected chi connectivity index (χ4v) is 2.06. The summed E-state index contributed by atoms with van der Waals surface area (Å²) in [6.07, 6.45) is 5.85. The number of aromatic nitrogens is 2. The molecule has 2 rings (SSSR count). The maximum Gasteiger partial charge on any atom is 0.142 e. The first-order valence-corrected chi connectivity index (χ1v) is 5.47. The normalized spacial score (nSPS) is 22.9. The summed E-state index contributed by atoms with van der Waals surface area (Å²) in [5, 5.41) is 9.12. The van der Waals surface area contributed by atoms with Crippen molar-refractivity contribution in [1.29, 1.82) is 0 Å². The van der Waals surface area contributed by atoms with Crippen molar-refractivity contribution in [3.8, 4) is 0 Å². The van der Waals surface area contributed by atoms with Gasteiger partial charge in [-0.3, -0.25) is 4.90 Å². The van der Waals surface area contributed by atoms with Gasteiger partial charge in [-0.25, -0.2) is 9.97 Å². The molecule has 2 heterocycles. The van der Waals surface area contributed by atoms with Crippen LogP contribution in [0.15, 0.2) is 18.5 Å². The van der Waals surface area contributed by atoms with Crippen LogP contribution in [0.3, 0.4) is 0 Å². The third kappa shape index (κ3) is 2.97. The molecule has 0 amide bonds. The van der Waals surface area contributed by atoms with Crippen molar-refractivity contribution >= 4 is 0 Å². The van der Waals surface area contributed by atoms with E-state index in [1.165, 1.54) is 0 Å². The molecular weight excluding hydrogens is 190 g/mol. The predicted molar refractivity (Wildman–Crippen MR) is 57.1 cm³/mol.